The monoisotopic (exact) mass is 561 g/mol. The summed E-state index contributed by atoms with van der Waals surface area (Å²) >= 11 is 13.7. The van der Waals surface area contributed by atoms with E-state index in [2.05, 4.69) is 16.7 Å². The molecule has 2 amide bonds. The van der Waals surface area contributed by atoms with Crippen molar-refractivity contribution in [3.05, 3.63) is 67.7 Å². The second kappa shape index (κ2) is 12.4. The van der Waals surface area contributed by atoms with Crippen LogP contribution in [0.4, 0.5) is 5.69 Å². The Balaban J connectivity index is 1.98. The van der Waals surface area contributed by atoms with Gasteiger partial charge in [0, 0.05) is 11.6 Å². The molecule has 0 aromatic heterocycles. The van der Waals surface area contributed by atoms with Crippen LogP contribution in [0.15, 0.2) is 40.9 Å². The van der Waals surface area contributed by atoms with Crippen molar-refractivity contribution in [2.45, 2.75) is 26.7 Å². The molecule has 0 saturated heterocycles. The van der Waals surface area contributed by atoms with Gasteiger partial charge in [-0.2, -0.15) is 5.26 Å². The predicted octanol–water partition coefficient (Wildman–Crippen LogP) is 5.12. The van der Waals surface area contributed by atoms with E-state index in [0.717, 1.165) is 30.0 Å². The highest BCUT2D eigenvalue weighted by molar-refractivity contribution is 8.03. The van der Waals surface area contributed by atoms with Crippen molar-refractivity contribution in [3.63, 3.8) is 0 Å². The average molecular weight is 562 g/mol. The minimum Gasteiger partial charge on any atom is -0.491 e. The van der Waals surface area contributed by atoms with E-state index in [0.29, 0.717) is 17.9 Å². The Hall–Kier alpha value is -3.19. The number of nitrogens with zero attached hydrogens (tertiary/aromatic N) is 1. The molecule has 3 rings (SSSR count). The molecule has 1 aliphatic heterocycles. The third-order valence-corrected chi connectivity index (χ3v) is 7.32. The van der Waals surface area contributed by atoms with Gasteiger partial charge in [-0.15, -0.1) is 0 Å². The molecule has 2 aromatic carbocycles. The van der Waals surface area contributed by atoms with Gasteiger partial charge >= 0.3 is 5.97 Å². The number of aryl methyl sites for hydroxylation is 2. The van der Waals surface area contributed by atoms with Gasteiger partial charge in [-0.3, -0.25) is 14.4 Å². The zero-order valence-corrected chi connectivity index (χ0v) is 22.9. The molecule has 0 radical (unpaired) electrons. The molecule has 2 N–H and O–H groups in total. The van der Waals surface area contributed by atoms with Crippen LogP contribution in [0.25, 0.3) is 0 Å². The Kier molecular flexibility index (Phi) is 9.49. The lowest BCUT2D eigenvalue weighted by Crippen LogP contribution is -2.44. The quantitative estimate of drug-likeness (QED) is 0.339. The molecule has 0 unspecified atom stereocenters. The van der Waals surface area contributed by atoms with Crippen LogP contribution in [0.5, 0.6) is 5.75 Å². The van der Waals surface area contributed by atoms with Crippen molar-refractivity contribution in [1.82, 2.24) is 5.32 Å². The number of methoxy groups -OCH3 is 1. The molecule has 2 aromatic rings. The molecule has 8 nitrogen and oxygen atoms in total. The van der Waals surface area contributed by atoms with Crippen LogP contribution in [-0.2, 0) is 19.1 Å². The lowest BCUT2D eigenvalue weighted by atomic mass is 9.78. The standard InChI is InChI=1S/C26H25Cl2N3O5S/c1-5-36-23-17(27)9-15(10-18(23)28)20-16(11-29)25(31-24(33)21(20)26(34)35-4)37-12-19(32)30-22-13(2)7-6-8-14(22)3/h6-10,20-21H,5,12H2,1-4H3,(H,30,32)(H,31,33)/t20-,21-/m0/s1. The number of nitriles is 1. The van der Waals surface area contributed by atoms with E-state index in [9.17, 15) is 19.6 Å². The van der Waals surface area contributed by atoms with E-state index in [4.69, 9.17) is 32.7 Å². The number of hydrogen-bond donors (Lipinski definition) is 2. The number of allylic oxidation sites excluding steroid dienone is 1. The summed E-state index contributed by atoms with van der Waals surface area (Å²) in [7, 11) is 1.16. The zero-order chi connectivity index (χ0) is 27.3. The van der Waals surface area contributed by atoms with Gasteiger partial charge in [0.2, 0.25) is 11.8 Å². The van der Waals surface area contributed by atoms with E-state index >= 15 is 0 Å². The first-order valence-corrected chi connectivity index (χ1v) is 13.0. The van der Waals surface area contributed by atoms with Gasteiger partial charge in [-0.05, 0) is 49.6 Å². The maximum Gasteiger partial charge on any atom is 0.319 e. The summed E-state index contributed by atoms with van der Waals surface area (Å²) in [5.74, 6) is -4.05. The van der Waals surface area contributed by atoms with Crippen molar-refractivity contribution in [2.75, 3.05) is 24.8 Å². The summed E-state index contributed by atoms with van der Waals surface area (Å²) in [6.07, 6.45) is 0. The first-order valence-electron chi connectivity index (χ1n) is 11.3. The minimum atomic E-state index is -1.36. The molecule has 0 bridgehead atoms. The zero-order valence-electron chi connectivity index (χ0n) is 20.6. The molecule has 11 heteroatoms. The number of nitrogens with one attached hydrogen (secondary N) is 2. The largest absolute Gasteiger partial charge is 0.491 e. The normalized spacial score (nSPS) is 17.1. The first kappa shape index (κ1) is 28.4. The summed E-state index contributed by atoms with van der Waals surface area (Å²) in [5.41, 5.74) is 2.96. The maximum absolute atomic E-state index is 13.1. The number of halogens is 2. The fourth-order valence-corrected chi connectivity index (χ4v) is 5.51. The number of benzene rings is 2. The predicted molar refractivity (Wildman–Crippen MR) is 144 cm³/mol. The van der Waals surface area contributed by atoms with Crippen LogP contribution in [-0.4, -0.2) is 37.3 Å². The molecule has 0 saturated carbocycles. The number of thioether (sulfide) groups is 1. The molecule has 194 valence electrons. The third-order valence-electron chi connectivity index (χ3n) is 5.75. The van der Waals surface area contributed by atoms with Crippen LogP contribution >= 0.6 is 35.0 Å². The second-order valence-corrected chi connectivity index (χ2v) is 9.97. The summed E-state index contributed by atoms with van der Waals surface area (Å²) in [6, 6.07) is 10.8. The maximum atomic E-state index is 13.1. The van der Waals surface area contributed by atoms with E-state index < -0.39 is 23.7 Å². The number of para-hydroxylation sites is 1. The Labute approximate surface area is 229 Å². The number of carbonyl (C=O) groups excluding carboxylic acids is 3. The summed E-state index contributed by atoms with van der Waals surface area (Å²) in [5, 5.41) is 16.0. The molecule has 0 spiro atoms. The molecule has 2 atom stereocenters. The van der Waals surface area contributed by atoms with Crippen molar-refractivity contribution in [3.8, 4) is 11.8 Å². The van der Waals surface area contributed by atoms with Crippen molar-refractivity contribution in [2.24, 2.45) is 5.92 Å². The van der Waals surface area contributed by atoms with Crippen molar-refractivity contribution in [1.29, 1.82) is 5.26 Å². The van der Waals surface area contributed by atoms with Gasteiger partial charge in [0.15, 0.2) is 5.75 Å². The van der Waals surface area contributed by atoms with Gasteiger partial charge in [0.05, 0.1) is 46.2 Å². The number of carbonyl (C=O) groups is 3. The van der Waals surface area contributed by atoms with Crippen LogP contribution in [0.3, 0.4) is 0 Å². The average Bonchev–Trinajstić information content (AvgIpc) is 2.86. The summed E-state index contributed by atoms with van der Waals surface area (Å²) in [6.45, 7) is 5.87. The Morgan fingerprint density at radius 2 is 1.81 bits per heavy atom. The summed E-state index contributed by atoms with van der Waals surface area (Å²) < 4.78 is 10.3. The Bertz CT molecular complexity index is 1280. The van der Waals surface area contributed by atoms with Gasteiger partial charge in [0.1, 0.15) is 5.92 Å². The highest BCUT2D eigenvalue weighted by Crippen LogP contribution is 2.44. The van der Waals surface area contributed by atoms with Crippen molar-refractivity contribution >= 4 is 58.4 Å². The third kappa shape index (κ3) is 6.21. The molecule has 1 heterocycles. The minimum absolute atomic E-state index is 0.0798. The highest BCUT2D eigenvalue weighted by atomic mass is 35.5. The highest BCUT2D eigenvalue weighted by Gasteiger charge is 2.44. The smallest absolute Gasteiger partial charge is 0.319 e. The van der Waals surface area contributed by atoms with Crippen LogP contribution in [0, 0.1) is 31.1 Å². The van der Waals surface area contributed by atoms with Crippen LogP contribution in [0.2, 0.25) is 10.0 Å². The van der Waals surface area contributed by atoms with Gasteiger partial charge in [-0.1, -0.05) is 53.2 Å². The molecule has 1 aliphatic rings. The van der Waals surface area contributed by atoms with Gasteiger partial charge in [0.25, 0.3) is 0 Å². The molecule has 37 heavy (non-hydrogen) atoms. The molecular formula is C26H25Cl2N3O5S. The van der Waals surface area contributed by atoms with Crippen LogP contribution < -0.4 is 15.4 Å². The van der Waals surface area contributed by atoms with E-state index in [1.165, 1.54) is 12.1 Å². The summed E-state index contributed by atoms with van der Waals surface area (Å²) in [4.78, 5) is 38.4. The van der Waals surface area contributed by atoms with Gasteiger partial charge in [-0.25, -0.2) is 0 Å². The van der Waals surface area contributed by atoms with Crippen LogP contribution in [0.1, 0.15) is 29.5 Å². The Morgan fingerprint density at radius 1 is 1.19 bits per heavy atom. The number of rotatable bonds is 8. The van der Waals surface area contributed by atoms with Crippen molar-refractivity contribution < 1.29 is 23.9 Å². The fraction of sp³-hybridized carbons (Fsp3) is 0.308. The Morgan fingerprint density at radius 3 is 2.35 bits per heavy atom. The second-order valence-electron chi connectivity index (χ2n) is 8.17. The molecule has 0 aliphatic carbocycles. The lowest BCUT2D eigenvalue weighted by Gasteiger charge is -2.31. The molecule has 0 fully saturated rings. The fourth-order valence-electron chi connectivity index (χ4n) is 4.05. The van der Waals surface area contributed by atoms with E-state index in [1.54, 1.807) is 6.92 Å². The number of amides is 2. The number of ether oxygens (including phenoxy) is 2. The molecular weight excluding hydrogens is 537 g/mol. The first-order chi connectivity index (χ1) is 17.6. The lowest BCUT2D eigenvalue weighted by molar-refractivity contribution is -0.150. The topological polar surface area (TPSA) is 118 Å². The SMILES string of the molecule is CCOc1c(Cl)cc([C@H]2C(C#N)=C(SCC(=O)Nc3c(C)cccc3C)NC(=O)[C@H]2C(=O)OC)cc1Cl. The number of anilines is 1. The van der Waals surface area contributed by atoms with Gasteiger partial charge < -0.3 is 20.1 Å². The number of hydrogen-bond acceptors (Lipinski definition) is 7. The van der Waals surface area contributed by atoms with E-state index in [-0.39, 0.29) is 38.1 Å². The number of esters is 1. The van der Waals surface area contributed by atoms with E-state index in [1.807, 2.05) is 32.0 Å².